The molecule has 3 rings (SSSR count). The summed E-state index contributed by atoms with van der Waals surface area (Å²) >= 11 is 0. The lowest BCUT2D eigenvalue weighted by molar-refractivity contribution is -0.146. The van der Waals surface area contributed by atoms with Crippen LogP contribution in [0.2, 0.25) is 0 Å². The van der Waals surface area contributed by atoms with Gasteiger partial charge >= 0.3 is 5.97 Å². The lowest BCUT2D eigenvalue weighted by Gasteiger charge is -2.06. The van der Waals surface area contributed by atoms with Gasteiger partial charge in [-0.15, -0.1) is 0 Å². The van der Waals surface area contributed by atoms with Crippen LogP contribution in [0.5, 0.6) is 5.75 Å². The molecule has 0 saturated carbocycles. The molecule has 0 aliphatic carbocycles. The third-order valence-corrected chi connectivity index (χ3v) is 3.48. The number of ether oxygens (including phenoxy) is 3. The molecule has 118 valence electrons. The molecule has 0 amide bonds. The third kappa shape index (κ3) is 3.51. The van der Waals surface area contributed by atoms with Crippen LogP contribution < -0.4 is 4.74 Å². The minimum atomic E-state index is -0.640. The molecule has 23 heavy (non-hydrogen) atoms. The van der Waals surface area contributed by atoms with E-state index in [1.54, 1.807) is 7.11 Å². The Morgan fingerprint density at radius 3 is 2.70 bits per heavy atom. The van der Waals surface area contributed by atoms with Gasteiger partial charge in [0.15, 0.2) is 6.04 Å². The fourth-order valence-corrected chi connectivity index (χ4v) is 2.29. The summed E-state index contributed by atoms with van der Waals surface area (Å²) in [5.74, 6) is 0.674. The van der Waals surface area contributed by atoms with Gasteiger partial charge < -0.3 is 14.2 Å². The molecule has 0 N–H and O–H groups in total. The van der Waals surface area contributed by atoms with Gasteiger partial charge in [-0.3, -0.25) is 0 Å². The Labute approximate surface area is 134 Å². The Hall–Kier alpha value is -2.82. The van der Waals surface area contributed by atoms with E-state index in [0.29, 0.717) is 11.6 Å². The zero-order valence-corrected chi connectivity index (χ0v) is 12.8. The second-order valence-electron chi connectivity index (χ2n) is 5.05. The predicted octanol–water partition coefficient (Wildman–Crippen LogP) is 2.58. The van der Waals surface area contributed by atoms with Crippen molar-refractivity contribution in [2.24, 2.45) is 4.99 Å². The summed E-state index contributed by atoms with van der Waals surface area (Å²) in [6, 6.07) is 16.3. The highest BCUT2D eigenvalue weighted by molar-refractivity contribution is 5.99. The summed E-state index contributed by atoms with van der Waals surface area (Å²) in [4.78, 5) is 16.4. The van der Waals surface area contributed by atoms with Crippen LogP contribution >= 0.6 is 0 Å². The fraction of sp³-hybridized carbons (Fsp3) is 0.222. The van der Waals surface area contributed by atoms with Gasteiger partial charge in [-0.1, -0.05) is 42.5 Å². The first-order chi connectivity index (χ1) is 11.3. The third-order valence-electron chi connectivity index (χ3n) is 3.48. The molecule has 0 spiro atoms. The van der Waals surface area contributed by atoms with Crippen LogP contribution in [0, 0.1) is 0 Å². The quantitative estimate of drug-likeness (QED) is 0.796. The van der Waals surface area contributed by atoms with Crippen molar-refractivity contribution in [3.8, 4) is 5.75 Å². The molecule has 1 aliphatic heterocycles. The molecule has 0 unspecified atom stereocenters. The van der Waals surface area contributed by atoms with Gasteiger partial charge in [-0.2, -0.15) is 0 Å². The molecule has 0 aromatic heterocycles. The highest BCUT2D eigenvalue weighted by atomic mass is 16.5. The van der Waals surface area contributed by atoms with E-state index in [-0.39, 0.29) is 13.2 Å². The Morgan fingerprint density at radius 1 is 1.17 bits per heavy atom. The average molecular weight is 311 g/mol. The zero-order valence-electron chi connectivity index (χ0n) is 12.8. The Balaban J connectivity index is 1.66. The molecule has 1 atom stereocenters. The minimum absolute atomic E-state index is 0.182. The van der Waals surface area contributed by atoms with Gasteiger partial charge in [0.2, 0.25) is 5.90 Å². The number of carbonyl (C=O) groups is 1. The van der Waals surface area contributed by atoms with Gasteiger partial charge in [0.05, 0.1) is 12.7 Å². The van der Waals surface area contributed by atoms with Crippen molar-refractivity contribution in [1.82, 2.24) is 0 Å². The molecule has 0 radical (unpaired) electrons. The number of benzene rings is 2. The predicted molar refractivity (Wildman–Crippen MR) is 85.5 cm³/mol. The topological polar surface area (TPSA) is 57.1 Å². The summed E-state index contributed by atoms with van der Waals surface area (Å²) in [6.07, 6.45) is 0. The number of esters is 1. The maximum atomic E-state index is 12.1. The summed E-state index contributed by atoms with van der Waals surface area (Å²) in [6.45, 7) is 0.413. The molecule has 1 aliphatic rings. The van der Waals surface area contributed by atoms with Crippen LogP contribution in [0.15, 0.2) is 59.6 Å². The molecule has 2 aromatic rings. The maximum absolute atomic E-state index is 12.1. The van der Waals surface area contributed by atoms with Gasteiger partial charge in [0.25, 0.3) is 0 Å². The number of hydrogen-bond acceptors (Lipinski definition) is 5. The minimum Gasteiger partial charge on any atom is -0.496 e. The molecule has 0 saturated heterocycles. The van der Waals surface area contributed by atoms with Crippen LogP contribution in [0.3, 0.4) is 0 Å². The number of nitrogens with zero attached hydrogens (tertiary/aromatic N) is 1. The van der Waals surface area contributed by atoms with E-state index >= 15 is 0 Å². The van der Waals surface area contributed by atoms with Gasteiger partial charge in [-0.05, 0) is 17.7 Å². The van der Waals surface area contributed by atoms with Crippen LogP contribution in [-0.2, 0) is 20.9 Å². The van der Waals surface area contributed by atoms with Crippen molar-refractivity contribution in [2.75, 3.05) is 13.7 Å². The SMILES string of the molecule is COc1ccccc1C1=N[C@H](C(=O)OCc2ccccc2)CO1. The summed E-state index contributed by atoms with van der Waals surface area (Å²) in [5, 5.41) is 0. The van der Waals surface area contributed by atoms with Crippen LogP contribution in [-0.4, -0.2) is 31.6 Å². The van der Waals surface area contributed by atoms with Crippen LogP contribution in [0.25, 0.3) is 0 Å². The second-order valence-corrected chi connectivity index (χ2v) is 5.05. The summed E-state index contributed by atoms with van der Waals surface area (Å²) in [7, 11) is 1.58. The molecule has 0 bridgehead atoms. The van der Waals surface area contributed by atoms with Crippen LogP contribution in [0.4, 0.5) is 0 Å². The normalized spacial score (nSPS) is 16.4. The molecule has 0 fully saturated rings. The van der Waals surface area contributed by atoms with Crippen molar-refractivity contribution in [3.63, 3.8) is 0 Å². The zero-order chi connectivity index (χ0) is 16.1. The van der Waals surface area contributed by atoms with Gasteiger partial charge in [0, 0.05) is 0 Å². The number of aliphatic imine (C=N–C) groups is 1. The first-order valence-corrected chi connectivity index (χ1v) is 7.32. The van der Waals surface area contributed by atoms with E-state index in [1.807, 2.05) is 54.6 Å². The van der Waals surface area contributed by atoms with Crippen molar-refractivity contribution in [3.05, 3.63) is 65.7 Å². The Kier molecular flexibility index (Phi) is 4.57. The lowest BCUT2D eigenvalue weighted by Crippen LogP contribution is -2.22. The first-order valence-electron chi connectivity index (χ1n) is 7.32. The first kappa shape index (κ1) is 15.1. The van der Waals surface area contributed by atoms with E-state index in [0.717, 1.165) is 11.1 Å². The smallest absolute Gasteiger partial charge is 0.334 e. The fourth-order valence-electron chi connectivity index (χ4n) is 2.29. The average Bonchev–Trinajstić information content (AvgIpc) is 3.10. The molecular formula is C18H17NO4. The van der Waals surface area contributed by atoms with E-state index in [4.69, 9.17) is 14.2 Å². The van der Waals surface area contributed by atoms with Gasteiger partial charge in [0.1, 0.15) is 19.0 Å². The Morgan fingerprint density at radius 2 is 1.91 bits per heavy atom. The molecule has 5 nitrogen and oxygen atoms in total. The molecule has 5 heteroatoms. The van der Waals surface area contributed by atoms with E-state index in [1.165, 1.54) is 0 Å². The van der Waals surface area contributed by atoms with E-state index in [2.05, 4.69) is 4.99 Å². The number of methoxy groups -OCH3 is 1. The van der Waals surface area contributed by atoms with Crippen molar-refractivity contribution in [2.45, 2.75) is 12.6 Å². The molecule has 2 aromatic carbocycles. The lowest BCUT2D eigenvalue weighted by atomic mass is 10.2. The number of rotatable bonds is 5. The van der Waals surface area contributed by atoms with Crippen molar-refractivity contribution < 1.29 is 19.0 Å². The van der Waals surface area contributed by atoms with Gasteiger partial charge in [-0.25, -0.2) is 9.79 Å². The van der Waals surface area contributed by atoms with Crippen molar-refractivity contribution in [1.29, 1.82) is 0 Å². The highest BCUT2D eigenvalue weighted by Crippen LogP contribution is 2.22. The Bertz CT molecular complexity index is 712. The summed E-state index contributed by atoms with van der Waals surface area (Å²) in [5.41, 5.74) is 1.67. The van der Waals surface area contributed by atoms with Crippen LogP contribution in [0.1, 0.15) is 11.1 Å². The largest absolute Gasteiger partial charge is 0.496 e. The number of para-hydroxylation sites is 1. The number of hydrogen-bond donors (Lipinski definition) is 0. The summed E-state index contributed by atoms with van der Waals surface area (Å²) < 4.78 is 16.1. The van der Waals surface area contributed by atoms with Crippen molar-refractivity contribution >= 4 is 11.9 Å². The highest BCUT2D eigenvalue weighted by Gasteiger charge is 2.29. The number of carbonyl (C=O) groups excluding carboxylic acids is 1. The van der Waals surface area contributed by atoms with E-state index in [9.17, 15) is 4.79 Å². The maximum Gasteiger partial charge on any atom is 0.334 e. The molecular weight excluding hydrogens is 294 g/mol. The second kappa shape index (κ2) is 6.96. The standard InChI is InChI=1S/C18H17NO4/c1-21-16-10-6-5-9-14(16)17-19-15(12-22-17)18(20)23-11-13-7-3-2-4-8-13/h2-10,15H,11-12H2,1H3/t15-/m0/s1. The molecule has 1 heterocycles. The van der Waals surface area contributed by atoms with E-state index < -0.39 is 12.0 Å². The monoisotopic (exact) mass is 311 g/mol.